The lowest BCUT2D eigenvalue weighted by Gasteiger charge is -2.23. The maximum Gasteiger partial charge on any atom is 0.224 e. The van der Waals surface area contributed by atoms with Crippen LogP contribution in [0, 0.1) is 5.82 Å². The Balaban J connectivity index is 2.44. The predicted molar refractivity (Wildman–Crippen MR) is 70.5 cm³/mol. The number of nitrogens with two attached hydrogens (primary N) is 1. The fourth-order valence-corrected chi connectivity index (χ4v) is 1.78. The molecule has 0 spiro atoms. The highest BCUT2D eigenvalue weighted by atomic mass is 35.5. The Hall–Kier alpha value is -1.88. The Morgan fingerprint density at radius 1 is 1.33 bits per heavy atom. The standard InChI is InChI=1S/C12H12ClFN4/c1-2-18(9-5-3-8(14)4-6-9)11-10(15)7-16-12(13)17-11/h3-7H,2,15H2,1H3. The quantitative estimate of drug-likeness (QED) is 0.868. The van der Waals surface area contributed by atoms with Crippen molar-refractivity contribution in [2.24, 2.45) is 0 Å². The highest BCUT2D eigenvalue weighted by Gasteiger charge is 2.13. The van der Waals surface area contributed by atoms with Crippen LogP contribution in [0.4, 0.5) is 21.6 Å². The van der Waals surface area contributed by atoms with Crippen LogP contribution in [0.2, 0.25) is 5.28 Å². The van der Waals surface area contributed by atoms with Gasteiger partial charge in [-0.1, -0.05) is 0 Å². The average Bonchev–Trinajstić information content (AvgIpc) is 2.37. The van der Waals surface area contributed by atoms with Gasteiger partial charge in [0, 0.05) is 12.2 Å². The minimum atomic E-state index is -0.288. The first-order valence-corrected chi connectivity index (χ1v) is 5.80. The van der Waals surface area contributed by atoms with Gasteiger partial charge >= 0.3 is 0 Å². The lowest BCUT2D eigenvalue weighted by molar-refractivity contribution is 0.628. The van der Waals surface area contributed by atoms with E-state index < -0.39 is 0 Å². The highest BCUT2D eigenvalue weighted by molar-refractivity contribution is 6.28. The summed E-state index contributed by atoms with van der Waals surface area (Å²) in [6.45, 7) is 2.57. The number of rotatable bonds is 3. The number of hydrogen-bond acceptors (Lipinski definition) is 4. The molecule has 18 heavy (non-hydrogen) atoms. The summed E-state index contributed by atoms with van der Waals surface area (Å²) in [5.41, 5.74) is 7.05. The summed E-state index contributed by atoms with van der Waals surface area (Å²) in [5, 5.41) is 0.125. The second-order valence-corrected chi connectivity index (χ2v) is 3.98. The SMILES string of the molecule is CCN(c1ccc(F)cc1)c1nc(Cl)ncc1N. The molecule has 0 amide bonds. The Kier molecular flexibility index (Phi) is 3.62. The minimum Gasteiger partial charge on any atom is -0.394 e. The van der Waals surface area contributed by atoms with Crippen LogP contribution in [0.25, 0.3) is 0 Å². The van der Waals surface area contributed by atoms with Crippen molar-refractivity contribution >= 4 is 28.8 Å². The van der Waals surface area contributed by atoms with Crippen LogP contribution < -0.4 is 10.6 Å². The van der Waals surface area contributed by atoms with Gasteiger partial charge in [0.25, 0.3) is 0 Å². The van der Waals surface area contributed by atoms with Crippen molar-refractivity contribution < 1.29 is 4.39 Å². The summed E-state index contributed by atoms with van der Waals surface area (Å²) in [7, 11) is 0. The molecule has 0 saturated heterocycles. The maximum atomic E-state index is 12.9. The fourth-order valence-electron chi connectivity index (χ4n) is 1.65. The molecule has 94 valence electrons. The van der Waals surface area contributed by atoms with E-state index >= 15 is 0 Å². The zero-order valence-electron chi connectivity index (χ0n) is 9.77. The summed E-state index contributed by atoms with van der Waals surface area (Å²) in [6.07, 6.45) is 1.46. The van der Waals surface area contributed by atoms with E-state index in [-0.39, 0.29) is 11.1 Å². The van der Waals surface area contributed by atoms with Gasteiger partial charge in [0.1, 0.15) is 5.82 Å². The summed E-state index contributed by atoms with van der Waals surface area (Å²) < 4.78 is 12.9. The smallest absolute Gasteiger partial charge is 0.224 e. The van der Waals surface area contributed by atoms with Crippen molar-refractivity contribution in [1.82, 2.24) is 9.97 Å². The van der Waals surface area contributed by atoms with Crippen LogP contribution in [-0.4, -0.2) is 16.5 Å². The average molecular weight is 267 g/mol. The van der Waals surface area contributed by atoms with Crippen LogP contribution in [0.15, 0.2) is 30.5 Å². The van der Waals surface area contributed by atoms with Gasteiger partial charge < -0.3 is 10.6 Å². The molecule has 4 nitrogen and oxygen atoms in total. The fraction of sp³-hybridized carbons (Fsp3) is 0.167. The largest absolute Gasteiger partial charge is 0.394 e. The van der Waals surface area contributed by atoms with Crippen molar-refractivity contribution in [3.05, 3.63) is 41.6 Å². The number of anilines is 3. The van der Waals surface area contributed by atoms with Crippen molar-refractivity contribution in [1.29, 1.82) is 0 Å². The molecule has 0 unspecified atom stereocenters. The third kappa shape index (κ3) is 2.51. The van der Waals surface area contributed by atoms with Crippen molar-refractivity contribution in [3.8, 4) is 0 Å². The molecule has 0 aliphatic heterocycles. The molecule has 2 rings (SSSR count). The van der Waals surface area contributed by atoms with Crippen LogP contribution in [0.1, 0.15) is 6.92 Å². The molecule has 1 aromatic carbocycles. The topological polar surface area (TPSA) is 55.0 Å². The van der Waals surface area contributed by atoms with Crippen LogP contribution >= 0.6 is 11.6 Å². The van der Waals surface area contributed by atoms with Crippen molar-refractivity contribution in [3.63, 3.8) is 0 Å². The Labute approximate surface area is 109 Å². The third-order valence-corrected chi connectivity index (χ3v) is 2.66. The number of benzene rings is 1. The molecular weight excluding hydrogens is 255 g/mol. The molecule has 1 aromatic heterocycles. The summed E-state index contributed by atoms with van der Waals surface area (Å²) in [6, 6.07) is 6.09. The Bertz CT molecular complexity index is 544. The van der Waals surface area contributed by atoms with Crippen molar-refractivity contribution in [2.45, 2.75) is 6.92 Å². The summed E-state index contributed by atoms with van der Waals surface area (Å²) in [4.78, 5) is 9.75. The van der Waals surface area contributed by atoms with E-state index in [4.69, 9.17) is 17.3 Å². The molecule has 0 radical (unpaired) electrons. The van der Waals surface area contributed by atoms with Crippen LogP contribution in [-0.2, 0) is 0 Å². The lowest BCUT2D eigenvalue weighted by Crippen LogP contribution is -2.19. The van der Waals surface area contributed by atoms with Crippen LogP contribution in [0.3, 0.4) is 0 Å². The van der Waals surface area contributed by atoms with E-state index in [0.29, 0.717) is 18.1 Å². The zero-order chi connectivity index (χ0) is 13.1. The van der Waals surface area contributed by atoms with Gasteiger partial charge in [-0.3, -0.25) is 0 Å². The number of nitrogen functional groups attached to an aromatic ring is 1. The molecule has 6 heteroatoms. The first-order chi connectivity index (χ1) is 8.61. The van der Waals surface area contributed by atoms with E-state index in [1.165, 1.54) is 18.3 Å². The van der Waals surface area contributed by atoms with E-state index in [9.17, 15) is 4.39 Å². The number of nitrogens with zero attached hydrogens (tertiary/aromatic N) is 3. The minimum absolute atomic E-state index is 0.125. The summed E-state index contributed by atoms with van der Waals surface area (Å²) >= 11 is 5.77. The lowest BCUT2D eigenvalue weighted by atomic mass is 10.2. The number of hydrogen-bond donors (Lipinski definition) is 1. The van der Waals surface area contributed by atoms with E-state index in [0.717, 1.165) is 5.69 Å². The highest BCUT2D eigenvalue weighted by Crippen LogP contribution is 2.28. The maximum absolute atomic E-state index is 12.9. The van der Waals surface area contributed by atoms with Gasteiger partial charge in [0.2, 0.25) is 5.28 Å². The van der Waals surface area contributed by atoms with E-state index in [2.05, 4.69) is 9.97 Å². The van der Waals surface area contributed by atoms with Gasteiger partial charge in [-0.15, -0.1) is 0 Å². The predicted octanol–water partition coefficient (Wildman–Crippen LogP) is 3.01. The molecule has 0 aliphatic rings. The molecular formula is C12H12ClFN4. The molecule has 2 N–H and O–H groups in total. The Morgan fingerprint density at radius 2 is 2.00 bits per heavy atom. The zero-order valence-corrected chi connectivity index (χ0v) is 10.5. The number of halogens is 2. The molecule has 0 fully saturated rings. The molecule has 0 atom stereocenters. The van der Waals surface area contributed by atoms with E-state index in [1.807, 2.05) is 11.8 Å². The van der Waals surface area contributed by atoms with Gasteiger partial charge in [-0.25, -0.2) is 9.37 Å². The van der Waals surface area contributed by atoms with Crippen LogP contribution in [0.5, 0.6) is 0 Å². The van der Waals surface area contributed by atoms with Gasteiger partial charge in [-0.2, -0.15) is 4.98 Å². The first kappa shape index (κ1) is 12.6. The van der Waals surface area contributed by atoms with Gasteiger partial charge in [-0.05, 0) is 42.8 Å². The van der Waals surface area contributed by atoms with Crippen molar-refractivity contribution in [2.75, 3.05) is 17.2 Å². The second kappa shape index (κ2) is 5.18. The summed E-state index contributed by atoms with van der Waals surface area (Å²) in [5.74, 6) is 0.229. The third-order valence-electron chi connectivity index (χ3n) is 2.48. The first-order valence-electron chi connectivity index (χ1n) is 5.43. The molecule has 1 heterocycles. The monoisotopic (exact) mass is 266 g/mol. The normalized spacial score (nSPS) is 10.4. The van der Waals surface area contributed by atoms with E-state index in [1.54, 1.807) is 12.1 Å². The molecule has 0 bridgehead atoms. The Morgan fingerprint density at radius 3 is 2.61 bits per heavy atom. The molecule has 2 aromatic rings. The van der Waals surface area contributed by atoms with Gasteiger partial charge in [0.15, 0.2) is 5.82 Å². The molecule has 0 saturated carbocycles. The molecule has 0 aliphatic carbocycles. The van der Waals surface area contributed by atoms with Gasteiger partial charge in [0.05, 0.1) is 11.9 Å². The second-order valence-electron chi connectivity index (χ2n) is 3.64. The number of aromatic nitrogens is 2.